The zero-order chi connectivity index (χ0) is 20.9. The van der Waals surface area contributed by atoms with Gasteiger partial charge in [-0.3, -0.25) is 9.59 Å². The average molecular weight is 414 g/mol. The third-order valence-electron chi connectivity index (χ3n) is 5.14. The van der Waals surface area contributed by atoms with E-state index in [2.05, 4.69) is 0 Å². The lowest BCUT2D eigenvalue weighted by Crippen LogP contribution is -3.08. The van der Waals surface area contributed by atoms with Crippen molar-refractivity contribution in [3.63, 3.8) is 0 Å². The molecule has 2 aliphatic rings. The number of nitrogens with one attached hydrogen (secondary N) is 1. The van der Waals surface area contributed by atoms with E-state index in [-0.39, 0.29) is 33.9 Å². The van der Waals surface area contributed by atoms with Gasteiger partial charge < -0.3 is 19.5 Å². The van der Waals surface area contributed by atoms with Crippen LogP contribution in [0.3, 0.4) is 0 Å². The Balaban J connectivity index is 1.84. The van der Waals surface area contributed by atoms with Crippen LogP contribution in [0.25, 0.3) is 0 Å². The van der Waals surface area contributed by atoms with E-state index in [1.165, 1.54) is 28.4 Å². The van der Waals surface area contributed by atoms with E-state index >= 15 is 0 Å². The molecule has 3 heterocycles. The number of fused-ring (bicyclic) bond motifs is 2. The largest absolute Gasteiger partial charge is 0.545 e. The van der Waals surface area contributed by atoms with Crippen molar-refractivity contribution in [1.82, 2.24) is 0 Å². The van der Waals surface area contributed by atoms with Crippen molar-refractivity contribution in [3.8, 4) is 0 Å². The molecule has 0 saturated heterocycles. The van der Waals surface area contributed by atoms with Crippen LogP contribution in [0.4, 0.5) is 5.00 Å². The summed E-state index contributed by atoms with van der Waals surface area (Å²) in [6, 6.07) is 3.67. The summed E-state index contributed by atoms with van der Waals surface area (Å²) in [6.45, 7) is 3.38. The first kappa shape index (κ1) is 19.3. The van der Waals surface area contributed by atoms with E-state index < -0.39 is 23.8 Å². The first-order valence-corrected chi connectivity index (χ1v) is 10.0. The van der Waals surface area contributed by atoms with Crippen molar-refractivity contribution in [1.29, 1.82) is 0 Å². The van der Waals surface area contributed by atoms with Gasteiger partial charge in [-0.2, -0.15) is 0 Å². The van der Waals surface area contributed by atoms with Crippen LogP contribution in [0.15, 0.2) is 18.2 Å². The van der Waals surface area contributed by atoms with E-state index in [9.17, 15) is 24.3 Å². The number of likely N-dealkylation sites (N-methyl/N-ethyl adjacent to an activating group) is 1. The number of thiophene rings is 1. The van der Waals surface area contributed by atoms with Crippen LogP contribution >= 0.6 is 11.3 Å². The van der Waals surface area contributed by atoms with Gasteiger partial charge in [0.2, 0.25) is 0 Å². The highest BCUT2D eigenvalue weighted by Crippen LogP contribution is 2.41. The quantitative estimate of drug-likeness (QED) is 0.542. The Labute approximate surface area is 170 Å². The van der Waals surface area contributed by atoms with E-state index in [4.69, 9.17) is 4.74 Å². The Kier molecular flexibility index (Phi) is 4.71. The summed E-state index contributed by atoms with van der Waals surface area (Å²) in [6.07, 6.45) is 0.643. The number of carboxylic acids is 1. The predicted molar refractivity (Wildman–Crippen MR) is 101 cm³/mol. The molecular weight excluding hydrogens is 396 g/mol. The lowest BCUT2D eigenvalue weighted by Gasteiger charge is -2.19. The molecule has 4 rings (SSSR count). The molecule has 0 fully saturated rings. The number of carbonyl (C=O) groups is 4. The molecule has 9 heteroatoms. The van der Waals surface area contributed by atoms with Crippen LogP contribution in [-0.4, -0.2) is 44.0 Å². The van der Waals surface area contributed by atoms with Crippen molar-refractivity contribution < 1.29 is 33.9 Å². The topological polar surface area (TPSA) is 108 Å². The minimum absolute atomic E-state index is 0.0133. The van der Waals surface area contributed by atoms with Gasteiger partial charge in [-0.05, 0) is 30.2 Å². The van der Waals surface area contributed by atoms with Gasteiger partial charge in [-0.25, -0.2) is 9.69 Å². The number of imide groups is 1. The molecule has 2 aliphatic heterocycles. The van der Waals surface area contributed by atoms with Crippen molar-refractivity contribution in [2.75, 3.05) is 25.1 Å². The number of carbonyl (C=O) groups excluding carboxylic acids is 4. The van der Waals surface area contributed by atoms with Gasteiger partial charge in [0.25, 0.3) is 11.8 Å². The number of esters is 1. The summed E-state index contributed by atoms with van der Waals surface area (Å²) in [5.41, 5.74) is 0.979. The maximum absolute atomic E-state index is 13.0. The van der Waals surface area contributed by atoms with Crippen LogP contribution < -0.4 is 14.9 Å². The number of anilines is 1. The molecule has 0 saturated carbocycles. The molecule has 1 aromatic carbocycles. The molecule has 0 spiro atoms. The normalized spacial score (nSPS) is 17.9. The molecule has 29 heavy (non-hydrogen) atoms. The van der Waals surface area contributed by atoms with Crippen LogP contribution in [0.2, 0.25) is 0 Å². The van der Waals surface area contributed by atoms with Gasteiger partial charge in [0, 0.05) is 6.42 Å². The summed E-state index contributed by atoms with van der Waals surface area (Å²) < 4.78 is 5.20. The smallest absolute Gasteiger partial charge is 0.341 e. The maximum Gasteiger partial charge on any atom is 0.341 e. The number of quaternary nitrogens is 1. The lowest BCUT2D eigenvalue weighted by molar-refractivity contribution is -0.895. The fraction of sp³-hybridized carbons (Fsp3) is 0.300. The Morgan fingerprint density at radius 1 is 1.24 bits per heavy atom. The van der Waals surface area contributed by atoms with Gasteiger partial charge in [0.15, 0.2) is 0 Å². The number of amides is 2. The van der Waals surface area contributed by atoms with Crippen molar-refractivity contribution in [2.45, 2.75) is 19.9 Å². The molecule has 1 N–H and O–H groups in total. The highest BCUT2D eigenvalue weighted by molar-refractivity contribution is 7.17. The number of nitrogens with zero attached hydrogens (tertiary/aromatic N) is 1. The maximum atomic E-state index is 13.0. The molecule has 1 atom stereocenters. The second-order valence-electron chi connectivity index (χ2n) is 7.03. The number of hydrogen-bond donors (Lipinski definition) is 1. The standard InChI is InChI=1S/C20H18N2O6S/c1-3-28-20(27)15-12-6-7-21(2)9-14(12)29-18(15)22-16(23)11-5-4-10(19(25)26)8-13(11)17(22)24/h4-5,8H,3,6-7,9H2,1-2H3,(H,25,26). The van der Waals surface area contributed by atoms with E-state index in [0.717, 1.165) is 28.0 Å². The van der Waals surface area contributed by atoms with Gasteiger partial charge in [-0.15, -0.1) is 11.3 Å². The first-order chi connectivity index (χ1) is 13.8. The van der Waals surface area contributed by atoms with E-state index in [1.807, 2.05) is 7.05 Å². The molecule has 2 aromatic rings. The number of carboxylic acid groups (broad SMARTS) is 1. The number of aromatic carboxylic acids is 1. The Morgan fingerprint density at radius 3 is 2.66 bits per heavy atom. The molecule has 150 valence electrons. The fourth-order valence-electron chi connectivity index (χ4n) is 3.73. The third-order valence-corrected chi connectivity index (χ3v) is 6.36. The average Bonchev–Trinajstić information content (AvgIpc) is 3.16. The monoisotopic (exact) mass is 414 g/mol. The van der Waals surface area contributed by atoms with Crippen molar-refractivity contribution in [2.24, 2.45) is 0 Å². The van der Waals surface area contributed by atoms with Crippen LogP contribution in [0, 0.1) is 0 Å². The molecule has 2 amide bonds. The van der Waals surface area contributed by atoms with Gasteiger partial charge >= 0.3 is 5.97 Å². The van der Waals surface area contributed by atoms with Crippen molar-refractivity contribution >= 4 is 40.1 Å². The zero-order valence-electron chi connectivity index (χ0n) is 15.9. The molecule has 0 radical (unpaired) electrons. The molecule has 8 nitrogen and oxygen atoms in total. The zero-order valence-corrected chi connectivity index (χ0v) is 16.7. The summed E-state index contributed by atoms with van der Waals surface area (Å²) >= 11 is 1.24. The second kappa shape index (κ2) is 7.09. The molecule has 0 aliphatic carbocycles. The molecular formula is C20H18N2O6S. The Bertz CT molecular complexity index is 1070. The summed E-state index contributed by atoms with van der Waals surface area (Å²) in [5.74, 6) is -3.24. The first-order valence-electron chi connectivity index (χ1n) is 9.20. The highest BCUT2D eigenvalue weighted by atomic mass is 32.1. The minimum Gasteiger partial charge on any atom is -0.545 e. The Hall–Kier alpha value is -3.04. The SMILES string of the molecule is CCOC(=O)c1c(N2C(=O)c3ccc(C(=O)[O-])cc3C2=O)sc2c1CC[NH+](C)C2. The van der Waals surface area contributed by atoms with Crippen LogP contribution in [0.1, 0.15) is 58.8 Å². The summed E-state index contributed by atoms with van der Waals surface area (Å²) in [7, 11) is 2.04. The number of hydrogen-bond acceptors (Lipinski definition) is 7. The molecule has 0 bridgehead atoms. The van der Waals surface area contributed by atoms with E-state index in [0.29, 0.717) is 13.0 Å². The van der Waals surface area contributed by atoms with Crippen molar-refractivity contribution in [3.05, 3.63) is 50.9 Å². The summed E-state index contributed by atoms with van der Waals surface area (Å²) in [4.78, 5) is 53.0. The third kappa shape index (κ3) is 3.02. The van der Waals surface area contributed by atoms with Gasteiger partial charge in [0.05, 0.1) is 47.7 Å². The highest BCUT2D eigenvalue weighted by Gasteiger charge is 2.42. The number of ether oxygens (including phenoxy) is 1. The Morgan fingerprint density at radius 2 is 1.97 bits per heavy atom. The number of benzene rings is 1. The fourth-order valence-corrected chi connectivity index (χ4v) is 5.17. The minimum atomic E-state index is -1.43. The van der Waals surface area contributed by atoms with Crippen LogP contribution in [-0.2, 0) is 17.7 Å². The predicted octanol–water partition coefficient (Wildman–Crippen LogP) is -0.340. The summed E-state index contributed by atoms with van der Waals surface area (Å²) in [5, 5.41) is 11.4. The lowest BCUT2D eigenvalue weighted by atomic mass is 10.0. The van der Waals surface area contributed by atoms with E-state index in [1.54, 1.807) is 6.92 Å². The van der Waals surface area contributed by atoms with Crippen LogP contribution in [0.5, 0.6) is 0 Å². The molecule has 1 aromatic heterocycles. The van der Waals surface area contributed by atoms with Gasteiger partial charge in [-0.1, -0.05) is 6.07 Å². The van der Waals surface area contributed by atoms with Gasteiger partial charge in [0.1, 0.15) is 11.5 Å². The molecule has 1 unspecified atom stereocenters. The second-order valence-corrected chi connectivity index (χ2v) is 8.12. The number of rotatable bonds is 4.